The van der Waals surface area contributed by atoms with E-state index in [-0.39, 0.29) is 30.9 Å². The Labute approximate surface area is 140 Å². The zero-order valence-electron chi connectivity index (χ0n) is 13.3. The van der Waals surface area contributed by atoms with E-state index < -0.39 is 0 Å². The molecule has 0 radical (unpaired) electrons. The normalized spacial score (nSPS) is 12.0. The molecule has 5 heteroatoms. The number of rotatable bonds is 8. The molecule has 1 atom stereocenters. The molecule has 0 aliphatic carbocycles. The molecule has 0 aromatic heterocycles. The second-order valence-corrected chi connectivity index (χ2v) is 6.53. The van der Waals surface area contributed by atoms with Crippen molar-refractivity contribution in [3.05, 3.63) is 34.3 Å². The Bertz CT molecular complexity index is 499. The molecule has 0 heterocycles. The molecule has 1 rings (SSSR count). The van der Waals surface area contributed by atoms with E-state index in [0.717, 1.165) is 10.0 Å². The molecule has 0 fully saturated rings. The Kier molecular flexibility index (Phi) is 8.17. The first-order valence-corrected chi connectivity index (χ1v) is 8.28. The van der Waals surface area contributed by atoms with Crippen molar-refractivity contribution in [1.82, 2.24) is 0 Å². The van der Waals surface area contributed by atoms with Crippen LogP contribution in [-0.2, 0) is 19.1 Å². The van der Waals surface area contributed by atoms with Crippen molar-refractivity contribution in [3.8, 4) is 0 Å². The summed E-state index contributed by atoms with van der Waals surface area (Å²) in [5, 5.41) is 0. The van der Waals surface area contributed by atoms with Gasteiger partial charge in [-0.25, -0.2) is 0 Å². The van der Waals surface area contributed by atoms with Crippen LogP contribution in [0.1, 0.15) is 51.7 Å². The van der Waals surface area contributed by atoms with Gasteiger partial charge in [0.1, 0.15) is 6.10 Å². The molecule has 0 aliphatic rings. The second-order valence-electron chi connectivity index (χ2n) is 5.62. The van der Waals surface area contributed by atoms with Crippen molar-refractivity contribution in [2.45, 2.75) is 46.1 Å². The van der Waals surface area contributed by atoms with Gasteiger partial charge in [-0.3, -0.25) is 9.59 Å². The summed E-state index contributed by atoms with van der Waals surface area (Å²) in [7, 11) is 0. The third-order valence-electron chi connectivity index (χ3n) is 2.97. The molecule has 1 unspecified atom stereocenters. The highest BCUT2D eigenvalue weighted by molar-refractivity contribution is 9.10. The monoisotopic (exact) mass is 370 g/mol. The second kappa shape index (κ2) is 9.62. The van der Waals surface area contributed by atoms with Gasteiger partial charge in [0.15, 0.2) is 0 Å². The molecule has 0 saturated carbocycles. The maximum atomic E-state index is 11.8. The fourth-order valence-electron chi connectivity index (χ4n) is 1.79. The van der Waals surface area contributed by atoms with Crippen molar-refractivity contribution < 1.29 is 19.1 Å². The average Bonchev–Trinajstić information content (AvgIpc) is 2.45. The number of carbonyl (C=O) groups excluding carboxylic acids is 2. The zero-order valence-corrected chi connectivity index (χ0v) is 14.9. The van der Waals surface area contributed by atoms with Gasteiger partial charge in [0.2, 0.25) is 0 Å². The topological polar surface area (TPSA) is 52.6 Å². The Hall–Kier alpha value is -1.36. The summed E-state index contributed by atoms with van der Waals surface area (Å²) < 4.78 is 11.4. The van der Waals surface area contributed by atoms with Gasteiger partial charge in [-0.15, -0.1) is 0 Å². The number of hydrogen-bond acceptors (Lipinski definition) is 4. The highest BCUT2D eigenvalue weighted by atomic mass is 79.9. The minimum atomic E-state index is -0.308. The first-order chi connectivity index (χ1) is 10.4. The van der Waals surface area contributed by atoms with Crippen LogP contribution in [0.3, 0.4) is 0 Å². The Morgan fingerprint density at radius 3 is 2.45 bits per heavy atom. The lowest BCUT2D eigenvalue weighted by Gasteiger charge is -2.14. The van der Waals surface area contributed by atoms with Gasteiger partial charge >= 0.3 is 11.9 Å². The zero-order chi connectivity index (χ0) is 16.5. The maximum absolute atomic E-state index is 11.8. The van der Waals surface area contributed by atoms with Gasteiger partial charge in [-0.2, -0.15) is 0 Å². The van der Waals surface area contributed by atoms with E-state index in [2.05, 4.69) is 15.9 Å². The van der Waals surface area contributed by atoms with Crippen LogP contribution in [0.15, 0.2) is 28.7 Å². The van der Waals surface area contributed by atoms with E-state index in [1.54, 1.807) is 0 Å². The van der Waals surface area contributed by atoms with Crippen molar-refractivity contribution in [2.75, 3.05) is 6.61 Å². The molecule has 0 spiro atoms. The third kappa shape index (κ3) is 7.59. The Morgan fingerprint density at radius 1 is 1.14 bits per heavy atom. The third-order valence-corrected chi connectivity index (χ3v) is 3.46. The quantitative estimate of drug-likeness (QED) is 0.635. The van der Waals surface area contributed by atoms with Crippen molar-refractivity contribution >= 4 is 27.9 Å². The fraction of sp³-hybridized carbons (Fsp3) is 0.529. The van der Waals surface area contributed by atoms with E-state index in [0.29, 0.717) is 18.9 Å². The van der Waals surface area contributed by atoms with Gasteiger partial charge in [-0.05, 0) is 37.0 Å². The summed E-state index contributed by atoms with van der Waals surface area (Å²) >= 11 is 3.39. The number of ether oxygens (including phenoxy) is 2. The van der Waals surface area contributed by atoms with E-state index in [1.807, 2.05) is 45.0 Å². The number of benzene rings is 1. The predicted molar refractivity (Wildman–Crippen MR) is 88.3 cm³/mol. The predicted octanol–water partition coefficient (Wildman–Crippen LogP) is 4.42. The van der Waals surface area contributed by atoms with Crippen LogP contribution < -0.4 is 0 Å². The molecule has 0 saturated heterocycles. The molecule has 0 amide bonds. The fourth-order valence-corrected chi connectivity index (χ4v) is 2.21. The highest BCUT2D eigenvalue weighted by Gasteiger charge is 2.13. The average molecular weight is 371 g/mol. The van der Waals surface area contributed by atoms with Gasteiger partial charge in [-0.1, -0.05) is 41.9 Å². The van der Waals surface area contributed by atoms with Gasteiger partial charge in [0.05, 0.1) is 6.61 Å². The van der Waals surface area contributed by atoms with Gasteiger partial charge in [0, 0.05) is 17.3 Å². The number of esters is 2. The number of carbonyl (C=O) groups is 2. The van der Waals surface area contributed by atoms with Crippen molar-refractivity contribution in [3.63, 3.8) is 0 Å². The largest absolute Gasteiger partial charge is 0.465 e. The van der Waals surface area contributed by atoms with Crippen molar-refractivity contribution in [1.29, 1.82) is 0 Å². The van der Waals surface area contributed by atoms with E-state index in [1.165, 1.54) is 0 Å². The van der Waals surface area contributed by atoms with Crippen LogP contribution in [0.4, 0.5) is 0 Å². The Morgan fingerprint density at radius 2 is 1.82 bits per heavy atom. The van der Waals surface area contributed by atoms with Crippen LogP contribution in [0.25, 0.3) is 0 Å². The molecule has 22 heavy (non-hydrogen) atoms. The molecule has 1 aromatic carbocycles. The molecule has 122 valence electrons. The van der Waals surface area contributed by atoms with Crippen LogP contribution in [0.5, 0.6) is 0 Å². The SMILES string of the molecule is CC(C)COC(=O)CCCC(=O)OC(C)c1cccc(Br)c1. The standard InChI is InChI=1S/C17H23BrO4/c1-12(2)11-21-16(19)8-5-9-17(20)22-13(3)14-6-4-7-15(18)10-14/h4,6-7,10,12-13H,5,8-9,11H2,1-3H3. The van der Waals surface area contributed by atoms with Crippen LogP contribution in [0.2, 0.25) is 0 Å². The molecular formula is C17H23BrO4. The molecule has 1 aromatic rings. The summed E-state index contributed by atoms with van der Waals surface area (Å²) in [6, 6.07) is 7.64. The van der Waals surface area contributed by atoms with Crippen LogP contribution in [-0.4, -0.2) is 18.5 Å². The van der Waals surface area contributed by atoms with E-state index in [4.69, 9.17) is 9.47 Å². The van der Waals surface area contributed by atoms with Gasteiger partial charge in [0.25, 0.3) is 0 Å². The summed E-state index contributed by atoms with van der Waals surface area (Å²) in [5.74, 6) is -0.245. The number of hydrogen-bond donors (Lipinski definition) is 0. The smallest absolute Gasteiger partial charge is 0.306 e. The first kappa shape index (κ1) is 18.7. The van der Waals surface area contributed by atoms with E-state index in [9.17, 15) is 9.59 Å². The van der Waals surface area contributed by atoms with Crippen LogP contribution >= 0.6 is 15.9 Å². The lowest BCUT2D eigenvalue weighted by Crippen LogP contribution is -2.12. The molecule has 0 N–H and O–H groups in total. The minimum absolute atomic E-state index is 0.217. The van der Waals surface area contributed by atoms with Crippen molar-refractivity contribution in [2.24, 2.45) is 5.92 Å². The summed E-state index contributed by atoms with van der Waals surface area (Å²) in [6.45, 7) is 6.21. The molecular weight excluding hydrogens is 348 g/mol. The molecule has 4 nitrogen and oxygen atoms in total. The lowest BCUT2D eigenvalue weighted by atomic mass is 10.1. The van der Waals surface area contributed by atoms with Crippen LogP contribution in [0, 0.1) is 5.92 Å². The lowest BCUT2D eigenvalue weighted by molar-refractivity contribution is -0.149. The number of halogens is 1. The highest BCUT2D eigenvalue weighted by Crippen LogP contribution is 2.21. The molecule has 0 aliphatic heterocycles. The summed E-state index contributed by atoms with van der Waals surface area (Å²) in [4.78, 5) is 23.2. The minimum Gasteiger partial charge on any atom is -0.465 e. The van der Waals surface area contributed by atoms with Gasteiger partial charge < -0.3 is 9.47 Å². The summed E-state index contributed by atoms with van der Waals surface area (Å²) in [5.41, 5.74) is 0.930. The first-order valence-electron chi connectivity index (χ1n) is 7.49. The van der Waals surface area contributed by atoms with E-state index >= 15 is 0 Å². The maximum Gasteiger partial charge on any atom is 0.306 e. The molecule has 0 bridgehead atoms. The summed E-state index contributed by atoms with van der Waals surface area (Å²) in [6.07, 6.45) is 0.598. The Balaban J connectivity index is 2.27.